The van der Waals surface area contributed by atoms with Crippen LogP contribution in [0.3, 0.4) is 0 Å². The van der Waals surface area contributed by atoms with E-state index in [4.69, 9.17) is 4.74 Å². The van der Waals surface area contributed by atoms with E-state index in [0.29, 0.717) is 17.0 Å². The van der Waals surface area contributed by atoms with E-state index in [1.807, 2.05) is 0 Å². The van der Waals surface area contributed by atoms with Crippen molar-refractivity contribution in [2.24, 2.45) is 0 Å². The maximum absolute atomic E-state index is 12.9. The molecule has 3 amide bonds. The molecule has 0 radical (unpaired) electrons. The summed E-state index contributed by atoms with van der Waals surface area (Å²) in [6.07, 6.45) is 4.82. The van der Waals surface area contributed by atoms with Crippen LogP contribution in [0, 0.1) is 0 Å². The Labute approximate surface area is 168 Å². The summed E-state index contributed by atoms with van der Waals surface area (Å²) in [6, 6.07) is 9.00. The number of ether oxygens (including phenoxy) is 1. The number of fused-ring (bicyclic) bond motifs is 1. The Balaban J connectivity index is 1.55. The summed E-state index contributed by atoms with van der Waals surface area (Å²) in [4.78, 5) is 39.6. The Hall–Kier alpha value is -3.35. The topological polar surface area (TPSA) is 95.9 Å². The quantitative estimate of drug-likeness (QED) is 0.773. The van der Waals surface area contributed by atoms with E-state index in [9.17, 15) is 19.5 Å². The fraction of sp³-hybridized carbons (Fsp3) is 0.318. The molecule has 0 spiro atoms. The molecule has 1 aliphatic carbocycles. The SMILES string of the molecule is COc1ccc(NC(=O)c2ccc3c(c2)C(=O)N(C2CCCCC2)C3=O)cc1O. The van der Waals surface area contributed by atoms with Crippen molar-refractivity contribution >= 4 is 23.4 Å². The Morgan fingerprint density at radius 1 is 1.03 bits per heavy atom. The summed E-state index contributed by atoms with van der Waals surface area (Å²) in [5.74, 6) is -0.832. The first-order valence-corrected chi connectivity index (χ1v) is 9.70. The van der Waals surface area contributed by atoms with Crippen molar-refractivity contribution in [2.45, 2.75) is 38.1 Å². The van der Waals surface area contributed by atoms with Crippen LogP contribution in [0.4, 0.5) is 5.69 Å². The Bertz CT molecular complexity index is 995. The second-order valence-corrected chi connectivity index (χ2v) is 7.37. The smallest absolute Gasteiger partial charge is 0.261 e. The number of carbonyl (C=O) groups is 3. The Morgan fingerprint density at radius 2 is 1.76 bits per heavy atom. The molecule has 7 heteroatoms. The van der Waals surface area contributed by atoms with Gasteiger partial charge >= 0.3 is 0 Å². The van der Waals surface area contributed by atoms with Crippen molar-refractivity contribution in [3.63, 3.8) is 0 Å². The second kappa shape index (κ2) is 7.58. The maximum Gasteiger partial charge on any atom is 0.261 e. The van der Waals surface area contributed by atoms with Crippen LogP contribution in [0.2, 0.25) is 0 Å². The Kier molecular flexibility index (Phi) is 4.96. The molecule has 29 heavy (non-hydrogen) atoms. The van der Waals surface area contributed by atoms with Crippen molar-refractivity contribution in [3.8, 4) is 11.5 Å². The normalized spacial score (nSPS) is 16.7. The van der Waals surface area contributed by atoms with Gasteiger partial charge in [0.25, 0.3) is 17.7 Å². The number of anilines is 1. The van der Waals surface area contributed by atoms with Crippen LogP contribution in [0.1, 0.15) is 63.2 Å². The molecule has 4 rings (SSSR count). The van der Waals surface area contributed by atoms with E-state index in [-0.39, 0.29) is 34.7 Å². The van der Waals surface area contributed by atoms with Gasteiger partial charge in [-0.3, -0.25) is 19.3 Å². The van der Waals surface area contributed by atoms with Crippen molar-refractivity contribution in [2.75, 3.05) is 12.4 Å². The summed E-state index contributed by atoms with van der Waals surface area (Å²) in [5.41, 5.74) is 1.27. The lowest BCUT2D eigenvalue weighted by Crippen LogP contribution is -2.40. The molecule has 7 nitrogen and oxygen atoms in total. The number of phenols is 1. The predicted octanol–water partition coefficient (Wildman–Crippen LogP) is 3.58. The molecule has 2 aliphatic rings. The zero-order valence-corrected chi connectivity index (χ0v) is 16.1. The van der Waals surface area contributed by atoms with Gasteiger partial charge in [0.15, 0.2) is 11.5 Å². The van der Waals surface area contributed by atoms with Gasteiger partial charge in [-0.25, -0.2) is 0 Å². The molecule has 1 heterocycles. The average Bonchev–Trinajstić information content (AvgIpc) is 2.98. The lowest BCUT2D eigenvalue weighted by Gasteiger charge is -2.29. The highest BCUT2D eigenvalue weighted by Crippen LogP contribution is 2.32. The molecule has 1 aliphatic heterocycles. The standard InChI is InChI=1S/C22H22N2O5/c1-29-19-10-8-14(12-18(19)25)23-20(26)13-7-9-16-17(11-13)22(28)24(21(16)27)15-5-3-2-4-6-15/h7-12,15,25H,2-6H2,1H3,(H,23,26). The number of phenolic OH excluding ortho intramolecular Hbond substituents is 1. The summed E-state index contributed by atoms with van der Waals surface area (Å²) in [5, 5.41) is 12.5. The van der Waals surface area contributed by atoms with E-state index in [1.165, 1.54) is 36.3 Å². The average molecular weight is 394 g/mol. The molecule has 150 valence electrons. The third kappa shape index (κ3) is 3.44. The van der Waals surface area contributed by atoms with Crippen LogP contribution in [-0.2, 0) is 0 Å². The molecular weight excluding hydrogens is 372 g/mol. The number of benzene rings is 2. The van der Waals surface area contributed by atoms with Gasteiger partial charge in [-0.2, -0.15) is 0 Å². The fourth-order valence-electron chi connectivity index (χ4n) is 4.04. The molecule has 1 fully saturated rings. The number of nitrogens with one attached hydrogen (secondary N) is 1. The van der Waals surface area contributed by atoms with Crippen molar-refractivity contribution in [1.82, 2.24) is 4.90 Å². The highest BCUT2D eigenvalue weighted by Gasteiger charge is 2.40. The number of hydrogen-bond acceptors (Lipinski definition) is 5. The van der Waals surface area contributed by atoms with Crippen molar-refractivity contribution in [3.05, 3.63) is 53.1 Å². The van der Waals surface area contributed by atoms with Crippen molar-refractivity contribution in [1.29, 1.82) is 0 Å². The highest BCUT2D eigenvalue weighted by atomic mass is 16.5. The second-order valence-electron chi connectivity index (χ2n) is 7.37. The lowest BCUT2D eigenvalue weighted by atomic mass is 9.94. The van der Waals surface area contributed by atoms with Gasteiger partial charge in [-0.15, -0.1) is 0 Å². The molecule has 0 atom stereocenters. The van der Waals surface area contributed by atoms with Gasteiger partial charge in [0, 0.05) is 23.4 Å². The fourth-order valence-corrected chi connectivity index (χ4v) is 4.04. The van der Waals surface area contributed by atoms with Crippen LogP contribution in [0.15, 0.2) is 36.4 Å². The van der Waals surface area contributed by atoms with Gasteiger partial charge in [0.2, 0.25) is 0 Å². The maximum atomic E-state index is 12.9. The van der Waals surface area contributed by atoms with E-state index >= 15 is 0 Å². The molecule has 2 aromatic carbocycles. The van der Waals surface area contributed by atoms with Gasteiger partial charge in [0.1, 0.15) is 0 Å². The number of aromatic hydroxyl groups is 1. The molecule has 0 bridgehead atoms. The first kappa shape index (κ1) is 19.0. The van der Waals surface area contributed by atoms with E-state index < -0.39 is 5.91 Å². The largest absolute Gasteiger partial charge is 0.504 e. The molecule has 2 N–H and O–H groups in total. The summed E-state index contributed by atoms with van der Waals surface area (Å²) >= 11 is 0. The highest BCUT2D eigenvalue weighted by molar-refractivity contribution is 6.22. The molecule has 1 saturated carbocycles. The van der Waals surface area contributed by atoms with Crippen LogP contribution in [0.25, 0.3) is 0 Å². The van der Waals surface area contributed by atoms with Gasteiger partial charge in [-0.05, 0) is 43.2 Å². The minimum atomic E-state index is -0.436. The van der Waals surface area contributed by atoms with Crippen LogP contribution < -0.4 is 10.1 Å². The number of carbonyl (C=O) groups excluding carboxylic acids is 3. The zero-order valence-electron chi connectivity index (χ0n) is 16.1. The number of nitrogens with zero attached hydrogens (tertiary/aromatic N) is 1. The lowest BCUT2D eigenvalue weighted by molar-refractivity contribution is 0.0549. The third-order valence-electron chi connectivity index (χ3n) is 5.56. The monoisotopic (exact) mass is 394 g/mol. The minimum absolute atomic E-state index is 0.0595. The summed E-state index contributed by atoms with van der Waals surface area (Å²) in [7, 11) is 1.44. The number of imide groups is 1. The van der Waals surface area contributed by atoms with Gasteiger partial charge < -0.3 is 15.2 Å². The summed E-state index contributed by atoms with van der Waals surface area (Å²) in [6.45, 7) is 0. The van der Waals surface area contributed by atoms with Crippen molar-refractivity contribution < 1.29 is 24.2 Å². The van der Waals surface area contributed by atoms with Gasteiger partial charge in [-0.1, -0.05) is 19.3 Å². The number of rotatable bonds is 4. The first-order valence-electron chi connectivity index (χ1n) is 9.70. The van der Waals surface area contributed by atoms with Gasteiger partial charge in [0.05, 0.1) is 18.2 Å². The number of methoxy groups -OCH3 is 1. The first-order chi connectivity index (χ1) is 14.0. The van der Waals surface area contributed by atoms with Crippen LogP contribution in [0.5, 0.6) is 11.5 Å². The van der Waals surface area contributed by atoms with E-state index in [1.54, 1.807) is 12.1 Å². The van der Waals surface area contributed by atoms with Crippen LogP contribution in [-0.4, -0.2) is 40.9 Å². The molecular formula is C22H22N2O5. The molecule has 0 aromatic heterocycles. The number of hydrogen-bond donors (Lipinski definition) is 2. The predicted molar refractivity (Wildman–Crippen MR) is 106 cm³/mol. The Morgan fingerprint density at radius 3 is 2.45 bits per heavy atom. The van der Waals surface area contributed by atoms with E-state index in [0.717, 1.165) is 32.1 Å². The number of amides is 3. The minimum Gasteiger partial charge on any atom is -0.504 e. The molecule has 0 unspecified atom stereocenters. The third-order valence-corrected chi connectivity index (χ3v) is 5.56. The van der Waals surface area contributed by atoms with E-state index in [2.05, 4.69) is 5.32 Å². The zero-order chi connectivity index (χ0) is 20.5. The van der Waals surface area contributed by atoms with Crippen LogP contribution >= 0.6 is 0 Å². The molecule has 2 aromatic rings. The molecule has 0 saturated heterocycles. The summed E-state index contributed by atoms with van der Waals surface area (Å²) < 4.78 is 4.99.